The van der Waals surface area contributed by atoms with Gasteiger partial charge in [-0.1, -0.05) is 36.4 Å². The highest BCUT2D eigenvalue weighted by molar-refractivity contribution is 6.14. The maximum absolute atomic E-state index is 13.9. The van der Waals surface area contributed by atoms with Gasteiger partial charge in [0.2, 0.25) is 6.41 Å². The van der Waals surface area contributed by atoms with E-state index >= 15 is 0 Å². The van der Waals surface area contributed by atoms with Crippen LogP contribution in [0.2, 0.25) is 0 Å². The monoisotopic (exact) mass is 764 g/mol. The van der Waals surface area contributed by atoms with Gasteiger partial charge in [-0.25, -0.2) is 4.79 Å². The summed E-state index contributed by atoms with van der Waals surface area (Å²) in [7, 11) is 4.41. The first-order valence-electron chi connectivity index (χ1n) is 18.5. The van der Waals surface area contributed by atoms with Crippen molar-refractivity contribution in [3.63, 3.8) is 0 Å². The Bertz CT molecular complexity index is 2460. The molecule has 8 rings (SSSR count). The van der Waals surface area contributed by atoms with E-state index in [0.717, 1.165) is 34.5 Å². The summed E-state index contributed by atoms with van der Waals surface area (Å²) in [5, 5.41) is 0. The molecule has 57 heavy (non-hydrogen) atoms. The molecule has 0 saturated carbocycles. The Morgan fingerprint density at radius 1 is 0.807 bits per heavy atom. The van der Waals surface area contributed by atoms with Crippen LogP contribution in [-0.4, -0.2) is 64.1 Å². The number of carbonyl (C=O) groups is 3. The quantitative estimate of drug-likeness (QED) is 0.0725. The van der Waals surface area contributed by atoms with Gasteiger partial charge in [-0.2, -0.15) is 0 Å². The van der Waals surface area contributed by atoms with Crippen LogP contribution in [0.1, 0.15) is 48.5 Å². The predicted molar refractivity (Wildman–Crippen MR) is 217 cm³/mol. The molecule has 2 atom stereocenters. The van der Waals surface area contributed by atoms with Gasteiger partial charge < -0.3 is 28.6 Å². The van der Waals surface area contributed by atoms with Crippen LogP contribution < -0.4 is 28.7 Å². The number of methoxy groups -OCH3 is 3. The van der Waals surface area contributed by atoms with Crippen molar-refractivity contribution in [1.82, 2.24) is 0 Å². The van der Waals surface area contributed by atoms with Crippen LogP contribution in [0.5, 0.6) is 23.0 Å². The molecule has 5 aromatic rings. The summed E-state index contributed by atoms with van der Waals surface area (Å²) in [5.41, 5.74) is 8.04. The van der Waals surface area contributed by atoms with Crippen molar-refractivity contribution in [1.29, 1.82) is 0 Å². The number of benzene rings is 5. The van der Waals surface area contributed by atoms with Gasteiger partial charge >= 0.3 is 5.97 Å². The fourth-order valence-corrected chi connectivity index (χ4v) is 7.60. The summed E-state index contributed by atoms with van der Waals surface area (Å²) >= 11 is 0. The number of fused-ring (bicyclic) bond motifs is 5. The van der Waals surface area contributed by atoms with E-state index in [0.29, 0.717) is 69.5 Å². The molecule has 0 bridgehead atoms. The van der Waals surface area contributed by atoms with Crippen molar-refractivity contribution >= 4 is 53.5 Å². The molecule has 0 radical (unpaired) electrons. The number of carbonyl (C=O) groups excluding carboxylic acids is 3. The van der Waals surface area contributed by atoms with Crippen molar-refractivity contribution in [3.8, 4) is 23.0 Å². The Morgan fingerprint density at radius 2 is 1.46 bits per heavy atom. The van der Waals surface area contributed by atoms with Crippen molar-refractivity contribution in [2.24, 2.45) is 9.98 Å². The highest BCUT2D eigenvalue weighted by Crippen LogP contribution is 2.41. The highest BCUT2D eigenvalue weighted by atomic mass is 16.5. The molecule has 0 fully saturated rings. The van der Waals surface area contributed by atoms with E-state index < -0.39 is 5.97 Å². The number of aryl methyl sites for hydroxylation is 1. The van der Waals surface area contributed by atoms with Crippen LogP contribution in [0.15, 0.2) is 101 Å². The zero-order chi connectivity index (χ0) is 39.6. The zero-order valence-electron chi connectivity index (χ0n) is 31.9. The summed E-state index contributed by atoms with van der Waals surface area (Å²) in [6, 6.07) is 27.6. The second-order valence-electron chi connectivity index (χ2n) is 14.0. The first kappa shape index (κ1) is 37.0. The van der Waals surface area contributed by atoms with Crippen LogP contribution in [0.4, 0.5) is 22.7 Å². The smallest absolute Gasteiger partial charge is 0.337 e. The lowest BCUT2D eigenvalue weighted by Gasteiger charge is -2.22. The lowest BCUT2D eigenvalue weighted by atomic mass is 10.1. The number of hydrogen-bond acceptors (Lipinski definition) is 10. The third-order valence-electron chi connectivity index (χ3n) is 10.4. The van der Waals surface area contributed by atoms with Crippen LogP contribution in [0.3, 0.4) is 0 Å². The van der Waals surface area contributed by atoms with Gasteiger partial charge in [-0.3, -0.25) is 24.5 Å². The molecule has 0 aliphatic carbocycles. The maximum Gasteiger partial charge on any atom is 0.337 e. The van der Waals surface area contributed by atoms with Crippen LogP contribution >= 0.6 is 0 Å². The van der Waals surface area contributed by atoms with Crippen LogP contribution in [0.25, 0.3) is 0 Å². The fourth-order valence-electron chi connectivity index (χ4n) is 7.60. The van der Waals surface area contributed by atoms with Gasteiger partial charge in [0, 0.05) is 48.8 Å². The van der Waals surface area contributed by atoms with E-state index in [4.69, 9.17) is 33.7 Å². The number of rotatable bonds is 12. The van der Waals surface area contributed by atoms with Gasteiger partial charge in [0.1, 0.15) is 13.2 Å². The fraction of sp³-hybridized carbons (Fsp3) is 0.222. The Labute approximate surface area is 329 Å². The second-order valence-corrected chi connectivity index (χ2v) is 14.0. The van der Waals surface area contributed by atoms with E-state index in [9.17, 15) is 14.4 Å². The molecule has 5 aromatic carbocycles. The summed E-state index contributed by atoms with van der Waals surface area (Å²) in [6.07, 6.45) is 5.78. The first-order valence-corrected chi connectivity index (χ1v) is 18.5. The zero-order valence-corrected chi connectivity index (χ0v) is 31.9. The Hall–Kier alpha value is -6.95. The van der Waals surface area contributed by atoms with E-state index in [1.807, 2.05) is 67.6 Å². The molecule has 3 aliphatic rings. The standard InChI is InChI=1S/C45H40N4O8/c1-27-13-40(53-2)42(20-36(27)46-22-33-17-30-9-5-7-11-38(30)48(33)26-50)56-24-28-14-29(16-32(15-28)45(52)55-4)25-57-43-21-37-35(19-41(43)54-3)44(51)49-34(23-47-37)18-31-10-6-8-12-39(31)49/h5-16,19-23,26,33-34H,17-18,24-25H2,1-4H3/t33?,34-/m0/s1. The van der Waals surface area contributed by atoms with E-state index in [1.54, 1.807) is 59.7 Å². The Morgan fingerprint density at radius 3 is 2.14 bits per heavy atom. The largest absolute Gasteiger partial charge is 0.493 e. The minimum atomic E-state index is -0.515. The van der Waals surface area contributed by atoms with Crippen molar-refractivity contribution in [2.45, 2.75) is 45.1 Å². The number of hydrogen-bond donors (Lipinski definition) is 0. The molecular weight excluding hydrogens is 725 g/mol. The third kappa shape index (κ3) is 7.17. The number of amides is 2. The van der Waals surface area contributed by atoms with E-state index in [-0.39, 0.29) is 31.2 Å². The van der Waals surface area contributed by atoms with Gasteiger partial charge in [-0.05, 0) is 77.2 Å². The molecule has 0 N–H and O–H groups in total. The molecule has 12 nitrogen and oxygen atoms in total. The number of ether oxygens (including phenoxy) is 5. The first-order chi connectivity index (χ1) is 27.8. The van der Waals surface area contributed by atoms with Gasteiger partial charge in [-0.15, -0.1) is 0 Å². The summed E-state index contributed by atoms with van der Waals surface area (Å²) in [5.74, 6) is 1.05. The highest BCUT2D eigenvalue weighted by Gasteiger charge is 2.36. The molecule has 288 valence electrons. The normalized spacial score (nSPS) is 16.4. The number of aliphatic imine (C=N–C) groups is 2. The number of esters is 1. The second kappa shape index (κ2) is 15.7. The topological polar surface area (TPSA) is 129 Å². The minimum Gasteiger partial charge on any atom is -0.493 e. The molecule has 0 saturated heterocycles. The molecule has 3 heterocycles. The van der Waals surface area contributed by atoms with Crippen molar-refractivity contribution in [2.75, 3.05) is 31.1 Å². The van der Waals surface area contributed by atoms with Crippen LogP contribution in [0, 0.1) is 6.92 Å². The van der Waals surface area contributed by atoms with Gasteiger partial charge in [0.05, 0.1) is 55.9 Å². The Kier molecular flexibility index (Phi) is 10.2. The number of nitrogens with zero attached hydrogens (tertiary/aromatic N) is 4. The third-order valence-corrected chi connectivity index (χ3v) is 10.4. The molecule has 0 spiro atoms. The van der Waals surface area contributed by atoms with Gasteiger partial charge in [0.15, 0.2) is 23.0 Å². The summed E-state index contributed by atoms with van der Waals surface area (Å²) in [4.78, 5) is 51.6. The summed E-state index contributed by atoms with van der Waals surface area (Å²) in [6.45, 7) is 2.07. The average molecular weight is 765 g/mol. The number of anilines is 2. The van der Waals surface area contributed by atoms with Gasteiger partial charge in [0.25, 0.3) is 5.91 Å². The number of para-hydroxylation sites is 2. The molecule has 12 heteroatoms. The van der Waals surface area contributed by atoms with Crippen molar-refractivity contribution in [3.05, 3.63) is 130 Å². The molecule has 3 aliphatic heterocycles. The summed E-state index contributed by atoms with van der Waals surface area (Å²) < 4.78 is 29.0. The average Bonchev–Trinajstić information content (AvgIpc) is 3.76. The molecule has 2 amide bonds. The Balaban J connectivity index is 1.01. The van der Waals surface area contributed by atoms with Crippen LogP contribution in [-0.2, 0) is 35.6 Å². The predicted octanol–water partition coefficient (Wildman–Crippen LogP) is 7.53. The van der Waals surface area contributed by atoms with E-state index in [2.05, 4.69) is 0 Å². The maximum atomic E-state index is 13.9. The lowest BCUT2D eigenvalue weighted by molar-refractivity contribution is -0.107. The minimum absolute atomic E-state index is 0.0579. The SMILES string of the molecule is COC(=O)c1cc(COc2cc(N=CC3Cc4ccccc4N3C=O)c(C)cc2OC)cc(COc2cc3c(cc2OC)C(=O)N2c4ccccc4C[C@H]2C=N3)c1. The molecular formula is C45H40N4O8. The lowest BCUT2D eigenvalue weighted by Crippen LogP contribution is -2.37. The molecule has 1 unspecified atom stereocenters. The molecule has 0 aromatic heterocycles. The van der Waals surface area contributed by atoms with E-state index in [1.165, 1.54) is 14.2 Å². The van der Waals surface area contributed by atoms with Crippen molar-refractivity contribution < 1.29 is 38.1 Å².